The molecular formula is C12H15ClN4O2S. The summed E-state index contributed by atoms with van der Waals surface area (Å²) in [4.78, 5) is -0.00825. The van der Waals surface area contributed by atoms with Gasteiger partial charge in [-0.3, -0.25) is 4.68 Å². The van der Waals surface area contributed by atoms with E-state index in [-0.39, 0.29) is 17.3 Å². The molecule has 0 spiro atoms. The van der Waals surface area contributed by atoms with Gasteiger partial charge in [-0.05, 0) is 24.1 Å². The third kappa shape index (κ3) is 3.50. The standard InChI is InChI=1S/C12H15ClN4O2S/c1-17-8-11(12(14)16-17)20(18,19)15-6-5-9-3-2-4-10(13)7-9/h2-4,7-8,15H,5-6H2,1H3,(H2,14,16). The highest BCUT2D eigenvalue weighted by atomic mass is 35.5. The Morgan fingerprint density at radius 2 is 2.20 bits per heavy atom. The molecule has 6 nitrogen and oxygen atoms in total. The summed E-state index contributed by atoms with van der Waals surface area (Å²) >= 11 is 5.87. The molecule has 8 heteroatoms. The molecule has 0 fully saturated rings. The zero-order valence-corrected chi connectivity index (χ0v) is 12.4. The summed E-state index contributed by atoms with van der Waals surface area (Å²) in [5.41, 5.74) is 6.52. The van der Waals surface area contributed by atoms with Crippen LogP contribution in [0.5, 0.6) is 0 Å². The van der Waals surface area contributed by atoms with E-state index in [4.69, 9.17) is 17.3 Å². The van der Waals surface area contributed by atoms with Gasteiger partial charge < -0.3 is 5.73 Å². The van der Waals surface area contributed by atoms with Crippen molar-refractivity contribution in [1.82, 2.24) is 14.5 Å². The number of sulfonamides is 1. The fourth-order valence-corrected chi connectivity index (χ4v) is 3.14. The first-order chi connectivity index (χ1) is 9.38. The molecule has 0 aliphatic heterocycles. The molecule has 0 aliphatic carbocycles. The van der Waals surface area contributed by atoms with Gasteiger partial charge in [0, 0.05) is 24.8 Å². The van der Waals surface area contributed by atoms with E-state index in [0.29, 0.717) is 11.4 Å². The van der Waals surface area contributed by atoms with Crippen molar-refractivity contribution < 1.29 is 8.42 Å². The lowest BCUT2D eigenvalue weighted by Crippen LogP contribution is -2.26. The maximum absolute atomic E-state index is 12.1. The number of rotatable bonds is 5. The van der Waals surface area contributed by atoms with Crippen LogP contribution in [0.4, 0.5) is 5.82 Å². The minimum atomic E-state index is -3.64. The maximum atomic E-state index is 12.1. The lowest BCUT2D eigenvalue weighted by atomic mass is 10.2. The molecule has 20 heavy (non-hydrogen) atoms. The first-order valence-electron chi connectivity index (χ1n) is 5.92. The van der Waals surface area contributed by atoms with Crippen molar-refractivity contribution in [2.45, 2.75) is 11.3 Å². The summed E-state index contributed by atoms with van der Waals surface area (Å²) in [6.45, 7) is 0.261. The summed E-state index contributed by atoms with van der Waals surface area (Å²) in [7, 11) is -2.03. The van der Waals surface area contributed by atoms with E-state index in [0.717, 1.165) is 5.56 Å². The third-order valence-electron chi connectivity index (χ3n) is 2.71. The van der Waals surface area contributed by atoms with Crippen LogP contribution in [0.1, 0.15) is 5.56 Å². The first-order valence-corrected chi connectivity index (χ1v) is 7.78. The van der Waals surface area contributed by atoms with Gasteiger partial charge in [0.25, 0.3) is 0 Å². The van der Waals surface area contributed by atoms with Crippen LogP contribution in [0.2, 0.25) is 5.02 Å². The van der Waals surface area contributed by atoms with Gasteiger partial charge >= 0.3 is 0 Å². The predicted octanol–water partition coefficient (Wildman–Crippen LogP) is 1.18. The van der Waals surface area contributed by atoms with Crippen molar-refractivity contribution in [3.63, 3.8) is 0 Å². The van der Waals surface area contributed by atoms with Gasteiger partial charge in [0.05, 0.1) is 0 Å². The first kappa shape index (κ1) is 14.8. The summed E-state index contributed by atoms with van der Waals surface area (Å²) in [6, 6.07) is 7.28. The zero-order valence-electron chi connectivity index (χ0n) is 10.9. The smallest absolute Gasteiger partial charge is 0.245 e. The quantitative estimate of drug-likeness (QED) is 0.867. The van der Waals surface area contributed by atoms with Gasteiger partial charge in [-0.15, -0.1) is 0 Å². The fraction of sp³-hybridized carbons (Fsp3) is 0.250. The van der Waals surface area contributed by atoms with Crippen LogP contribution in [0.3, 0.4) is 0 Å². The van der Waals surface area contributed by atoms with Gasteiger partial charge in [0.15, 0.2) is 5.82 Å². The van der Waals surface area contributed by atoms with Gasteiger partial charge in [-0.1, -0.05) is 23.7 Å². The van der Waals surface area contributed by atoms with Crippen LogP contribution in [0, 0.1) is 0 Å². The average Bonchev–Trinajstić information content (AvgIpc) is 2.69. The van der Waals surface area contributed by atoms with Gasteiger partial charge in [-0.25, -0.2) is 13.1 Å². The Morgan fingerprint density at radius 1 is 1.45 bits per heavy atom. The Kier molecular flexibility index (Phi) is 4.32. The molecule has 0 amide bonds. The number of nitrogens with one attached hydrogen (secondary N) is 1. The Labute approximate surface area is 122 Å². The Hall–Kier alpha value is -1.57. The van der Waals surface area contributed by atoms with Crippen molar-refractivity contribution in [3.8, 4) is 0 Å². The highest BCUT2D eigenvalue weighted by molar-refractivity contribution is 7.89. The van der Waals surface area contributed by atoms with Crippen molar-refractivity contribution >= 4 is 27.4 Å². The molecule has 2 aromatic rings. The summed E-state index contributed by atoms with van der Waals surface area (Å²) in [5, 5.41) is 4.44. The molecule has 0 radical (unpaired) electrons. The zero-order chi connectivity index (χ0) is 14.8. The number of hydrogen-bond acceptors (Lipinski definition) is 4. The molecule has 1 aromatic carbocycles. The number of nitrogens with zero attached hydrogens (tertiary/aromatic N) is 2. The Balaban J connectivity index is 2.01. The summed E-state index contributed by atoms with van der Waals surface area (Å²) in [5.74, 6) is -0.0113. The van der Waals surface area contributed by atoms with E-state index in [2.05, 4.69) is 9.82 Å². The Bertz CT molecular complexity index is 712. The van der Waals surface area contributed by atoms with Crippen LogP contribution >= 0.6 is 11.6 Å². The van der Waals surface area contributed by atoms with Gasteiger partial charge in [-0.2, -0.15) is 5.10 Å². The van der Waals surface area contributed by atoms with Gasteiger partial charge in [0.2, 0.25) is 10.0 Å². The number of hydrogen-bond donors (Lipinski definition) is 2. The highest BCUT2D eigenvalue weighted by Gasteiger charge is 2.19. The van der Waals surface area contributed by atoms with Crippen molar-refractivity contribution in [3.05, 3.63) is 41.0 Å². The molecule has 0 saturated carbocycles. The van der Waals surface area contributed by atoms with Crippen LogP contribution in [-0.4, -0.2) is 24.7 Å². The highest BCUT2D eigenvalue weighted by Crippen LogP contribution is 2.15. The van der Waals surface area contributed by atoms with Crippen LogP contribution in [-0.2, 0) is 23.5 Å². The van der Waals surface area contributed by atoms with Crippen molar-refractivity contribution in [2.24, 2.45) is 7.05 Å². The molecule has 0 bridgehead atoms. The number of nitrogen functional groups attached to an aromatic ring is 1. The number of benzene rings is 1. The minimum absolute atomic E-state index is 0.00825. The molecule has 0 aliphatic rings. The largest absolute Gasteiger partial charge is 0.381 e. The second kappa shape index (κ2) is 5.82. The lowest BCUT2D eigenvalue weighted by molar-refractivity contribution is 0.582. The number of halogens is 1. The normalized spacial score (nSPS) is 11.7. The molecule has 0 atom stereocenters. The third-order valence-corrected chi connectivity index (χ3v) is 4.42. The van der Waals surface area contributed by atoms with Crippen LogP contribution < -0.4 is 10.5 Å². The van der Waals surface area contributed by atoms with Crippen molar-refractivity contribution in [1.29, 1.82) is 0 Å². The van der Waals surface area contributed by atoms with E-state index >= 15 is 0 Å². The van der Waals surface area contributed by atoms with E-state index in [9.17, 15) is 8.42 Å². The molecule has 1 aromatic heterocycles. The maximum Gasteiger partial charge on any atom is 0.245 e. The van der Waals surface area contributed by atoms with E-state index < -0.39 is 10.0 Å². The second-order valence-electron chi connectivity index (χ2n) is 4.33. The number of nitrogens with two attached hydrogens (primary N) is 1. The summed E-state index contributed by atoms with van der Waals surface area (Å²) < 4.78 is 28.0. The average molecular weight is 315 g/mol. The lowest BCUT2D eigenvalue weighted by Gasteiger charge is -2.05. The van der Waals surface area contributed by atoms with E-state index in [1.165, 1.54) is 10.9 Å². The second-order valence-corrected chi connectivity index (χ2v) is 6.50. The fourth-order valence-electron chi connectivity index (χ4n) is 1.79. The molecule has 108 valence electrons. The van der Waals surface area contributed by atoms with Gasteiger partial charge in [0.1, 0.15) is 4.90 Å². The molecule has 0 unspecified atom stereocenters. The molecule has 0 saturated heterocycles. The van der Waals surface area contributed by atoms with Crippen LogP contribution in [0.25, 0.3) is 0 Å². The number of anilines is 1. The molecule has 2 rings (SSSR count). The number of aryl methyl sites for hydroxylation is 1. The SMILES string of the molecule is Cn1cc(S(=O)(=O)NCCc2cccc(Cl)c2)c(N)n1. The van der Waals surface area contributed by atoms with E-state index in [1.807, 2.05) is 12.1 Å². The summed E-state index contributed by atoms with van der Waals surface area (Å²) in [6.07, 6.45) is 1.91. The number of aromatic nitrogens is 2. The Morgan fingerprint density at radius 3 is 2.80 bits per heavy atom. The molecular weight excluding hydrogens is 300 g/mol. The van der Waals surface area contributed by atoms with Crippen LogP contribution in [0.15, 0.2) is 35.4 Å². The van der Waals surface area contributed by atoms with Crippen molar-refractivity contribution in [2.75, 3.05) is 12.3 Å². The molecule has 3 N–H and O–H groups in total. The monoisotopic (exact) mass is 314 g/mol. The minimum Gasteiger partial charge on any atom is -0.381 e. The topological polar surface area (TPSA) is 90.0 Å². The van der Waals surface area contributed by atoms with E-state index in [1.54, 1.807) is 19.2 Å². The molecule has 1 heterocycles. The predicted molar refractivity (Wildman–Crippen MR) is 78.0 cm³/mol.